The molecule has 0 amide bonds. The van der Waals surface area contributed by atoms with Crippen molar-refractivity contribution in [3.8, 4) is 0 Å². The summed E-state index contributed by atoms with van der Waals surface area (Å²) < 4.78 is 0. The van der Waals surface area contributed by atoms with E-state index in [9.17, 15) is 4.79 Å². The lowest BCUT2D eigenvalue weighted by Crippen LogP contribution is -2.26. The topological polar surface area (TPSA) is 17.1 Å². The van der Waals surface area contributed by atoms with Gasteiger partial charge in [-0.2, -0.15) is 0 Å². The lowest BCUT2D eigenvalue weighted by atomic mass is 9.77. The Hall–Kier alpha value is -1.11. The van der Waals surface area contributed by atoms with Crippen molar-refractivity contribution < 1.29 is 4.79 Å². The Morgan fingerprint density at radius 3 is 2.20 bits per heavy atom. The Bertz CT molecular complexity index is 336. The molecule has 0 spiro atoms. The number of carbonyl (C=O) groups excluding carboxylic acids is 1. The third kappa shape index (κ3) is 1.71. The van der Waals surface area contributed by atoms with Gasteiger partial charge in [0, 0.05) is 11.3 Å². The van der Waals surface area contributed by atoms with Crippen LogP contribution >= 0.6 is 0 Å². The van der Waals surface area contributed by atoms with Crippen molar-refractivity contribution in [1.29, 1.82) is 0 Å². The molecule has 15 heavy (non-hydrogen) atoms. The Kier molecular flexibility index (Phi) is 2.64. The lowest BCUT2D eigenvalue weighted by Gasteiger charge is -2.25. The minimum Gasteiger partial charge on any atom is -0.303 e. The van der Waals surface area contributed by atoms with Crippen molar-refractivity contribution in [3.05, 3.63) is 35.9 Å². The molecule has 0 saturated heterocycles. The van der Waals surface area contributed by atoms with Crippen LogP contribution in [0, 0.1) is 11.8 Å². The van der Waals surface area contributed by atoms with Crippen LogP contribution in [0.3, 0.4) is 0 Å². The summed E-state index contributed by atoms with van der Waals surface area (Å²) in [6.07, 6.45) is 3.49. The van der Waals surface area contributed by atoms with Crippen molar-refractivity contribution in [2.45, 2.75) is 32.1 Å². The van der Waals surface area contributed by atoms with Crippen molar-refractivity contribution in [2.24, 2.45) is 11.8 Å². The summed E-state index contributed by atoms with van der Waals surface area (Å²) in [4.78, 5) is 11.2. The van der Waals surface area contributed by atoms with E-state index >= 15 is 0 Å². The number of aldehydes is 1. The molecule has 1 aliphatic rings. The van der Waals surface area contributed by atoms with E-state index in [1.165, 1.54) is 18.4 Å². The van der Waals surface area contributed by atoms with Gasteiger partial charge < -0.3 is 4.79 Å². The lowest BCUT2D eigenvalue weighted by molar-refractivity contribution is -0.113. The van der Waals surface area contributed by atoms with Crippen LogP contribution in [-0.4, -0.2) is 6.29 Å². The second-order valence-electron chi connectivity index (χ2n) is 4.93. The first-order valence-corrected chi connectivity index (χ1v) is 5.71. The molecule has 0 bridgehead atoms. The molecule has 80 valence electrons. The Labute approximate surface area is 91.5 Å². The molecule has 0 aliphatic heterocycles. The predicted molar refractivity (Wildman–Crippen MR) is 61.7 cm³/mol. The Morgan fingerprint density at radius 1 is 1.20 bits per heavy atom. The molecule has 1 fully saturated rings. The van der Waals surface area contributed by atoms with Gasteiger partial charge in [0.1, 0.15) is 6.29 Å². The van der Waals surface area contributed by atoms with E-state index in [0.29, 0.717) is 5.92 Å². The quantitative estimate of drug-likeness (QED) is 0.685. The smallest absolute Gasteiger partial charge is 0.124 e. The zero-order valence-electron chi connectivity index (χ0n) is 9.44. The van der Waals surface area contributed by atoms with Crippen LogP contribution < -0.4 is 0 Å². The van der Waals surface area contributed by atoms with E-state index in [1.54, 1.807) is 0 Å². The molecule has 1 nitrogen and oxygen atoms in total. The first-order chi connectivity index (χ1) is 7.20. The molecule has 2 rings (SSSR count). The number of hydrogen-bond donors (Lipinski definition) is 0. The van der Waals surface area contributed by atoms with E-state index in [-0.39, 0.29) is 11.3 Å². The summed E-state index contributed by atoms with van der Waals surface area (Å²) in [5, 5.41) is 0. The monoisotopic (exact) mass is 202 g/mol. The van der Waals surface area contributed by atoms with Crippen LogP contribution in [0.25, 0.3) is 0 Å². The van der Waals surface area contributed by atoms with Gasteiger partial charge in [0.15, 0.2) is 0 Å². The van der Waals surface area contributed by atoms with Gasteiger partial charge in [0.25, 0.3) is 0 Å². The molecule has 0 N–H and O–H groups in total. The molecule has 1 saturated carbocycles. The SMILES string of the molecule is CC(C)C(C=O)C1(c2ccccc2)CC1. The standard InChI is InChI=1S/C14H18O/c1-11(2)13(10-15)14(8-9-14)12-6-4-3-5-7-12/h3-7,10-11,13H,8-9H2,1-2H3. The molecule has 1 aliphatic carbocycles. The van der Waals surface area contributed by atoms with Crippen LogP contribution in [0.2, 0.25) is 0 Å². The van der Waals surface area contributed by atoms with E-state index < -0.39 is 0 Å². The molecular weight excluding hydrogens is 184 g/mol. The zero-order chi connectivity index (χ0) is 10.9. The van der Waals surface area contributed by atoms with Gasteiger partial charge in [-0.1, -0.05) is 44.2 Å². The number of rotatable bonds is 4. The molecular formula is C14H18O. The third-order valence-corrected chi connectivity index (χ3v) is 3.64. The van der Waals surface area contributed by atoms with Gasteiger partial charge in [-0.05, 0) is 24.3 Å². The predicted octanol–water partition coefficient (Wildman–Crippen LogP) is 3.19. The van der Waals surface area contributed by atoms with Crippen molar-refractivity contribution in [1.82, 2.24) is 0 Å². The maximum atomic E-state index is 11.2. The molecule has 1 aromatic rings. The average molecular weight is 202 g/mol. The van der Waals surface area contributed by atoms with Gasteiger partial charge in [-0.15, -0.1) is 0 Å². The summed E-state index contributed by atoms with van der Waals surface area (Å²) in [6.45, 7) is 4.28. The third-order valence-electron chi connectivity index (χ3n) is 3.64. The van der Waals surface area contributed by atoms with Crippen molar-refractivity contribution in [2.75, 3.05) is 0 Å². The normalized spacial score (nSPS) is 19.9. The molecule has 1 aromatic carbocycles. The number of hydrogen-bond acceptors (Lipinski definition) is 1. The number of carbonyl (C=O) groups is 1. The maximum absolute atomic E-state index is 11.2. The molecule has 0 radical (unpaired) electrons. The average Bonchev–Trinajstić information content (AvgIpc) is 3.01. The largest absolute Gasteiger partial charge is 0.303 e. The highest BCUT2D eigenvalue weighted by Gasteiger charge is 2.51. The fourth-order valence-electron chi connectivity index (χ4n) is 2.64. The minimum atomic E-state index is 0.164. The van der Waals surface area contributed by atoms with Crippen LogP contribution in [0.5, 0.6) is 0 Å². The fourth-order valence-corrected chi connectivity index (χ4v) is 2.64. The molecule has 1 atom stereocenters. The van der Waals surface area contributed by atoms with Crippen LogP contribution in [-0.2, 0) is 10.2 Å². The molecule has 0 aromatic heterocycles. The zero-order valence-corrected chi connectivity index (χ0v) is 9.44. The summed E-state index contributed by atoms with van der Waals surface area (Å²) in [7, 11) is 0. The van der Waals surface area contributed by atoms with Crippen molar-refractivity contribution >= 4 is 6.29 Å². The first-order valence-electron chi connectivity index (χ1n) is 5.71. The fraction of sp³-hybridized carbons (Fsp3) is 0.500. The van der Waals surface area contributed by atoms with Gasteiger partial charge in [-0.25, -0.2) is 0 Å². The highest BCUT2D eigenvalue weighted by atomic mass is 16.1. The van der Waals surface area contributed by atoms with Gasteiger partial charge in [-0.3, -0.25) is 0 Å². The maximum Gasteiger partial charge on any atom is 0.124 e. The second kappa shape index (κ2) is 3.80. The van der Waals surface area contributed by atoms with Crippen LogP contribution in [0.15, 0.2) is 30.3 Å². The van der Waals surface area contributed by atoms with Gasteiger partial charge >= 0.3 is 0 Å². The van der Waals surface area contributed by atoms with E-state index in [2.05, 4.69) is 38.1 Å². The van der Waals surface area contributed by atoms with Gasteiger partial charge in [0.2, 0.25) is 0 Å². The van der Waals surface area contributed by atoms with E-state index in [1.807, 2.05) is 6.07 Å². The molecule has 0 heterocycles. The second-order valence-corrected chi connectivity index (χ2v) is 4.93. The highest BCUT2D eigenvalue weighted by Crippen LogP contribution is 2.55. The van der Waals surface area contributed by atoms with Gasteiger partial charge in [0.05, 0.1) is 0 Å². The molecule has 1 heteroatoms. The van der Waals surface area contributed by atoms with Crippen molar-refractivity contribution in [3.63, 3.8) is 0 Å². The number of benzene rings is 1. The summed E-state index contributed by atoms with van der Waals surface area (Å²) in [6, 6.07) is 10.5. The summed E-state index contributed by atoms with van der Waals surface area (Å²) >= 11 is 0. The summed E-state index contributed by atoms with van der Waals surface area (Å²) in [5.41, 5.74) is 1.51. The Balaban J connectivity index is 2.31. The highest BCUT2D eigenvalue weighted by molar-refractivity contribution is 5.60. The van der Waals surface area contributed by atoms with E-state index in [0.717, 1.165) is 6.29 Å². The Morgan fingerprint density at radius 2 is 1.80 bits per heavy atom. The van der Waals surface area contributed by atoms with E-state index in [4.69, 9.17) is 0 Å². The van der Waals surface area contributed by atoms with Crippen LogP contribution in [0.1, 0.15) is 32.3 Å². The first kappa shape index (κ1) is 10.4. The minimum absolute atomic E-state index is 0.164. The van der Waals surface area contributed by atoms with Crippen LogP contribution in [0.4, 0.5) is 0 Å². The molecule has 1 unspecified atom stereocenters. The summed E-state index contributed by atoms with van der Waals surface area (Å²) in [5.74, 6) is 0.616.